The zero-order valence-electron chi connectivity index (χ0n) is 8.11. The summed E-state index contributed by atoms with van der Waals surface area (Å²) in [5, 5.41) is 18.8. The van der Waals surface area contributed by atoms with Crippen LogP contribution in [-0.2, 0) is 4.79 Å². The topological polar surface area (TPSA) is 80.4 Å². The largest absolute Gasteiger partial charge is 0.481 e. The van der Waals surface area contributed by atoms with Gasteiger partial charge in [-0.25, -0.2) is 0 Å². The normalized spacial score (nSPS) is 13.8. The lowest BCUT2D eigenvalue weighted by atomic mass is 9.83. The molecule has 0 heterocycles. The predicted molar refractivity (Wildman–Crippen MR) is 47.1 cm³/mol. The van der Waals surface area contributed by atoms with Crippen LogP contribution in [0.15, 0.2) is 0 Å². The van der Waals surface area contributed by atoms with Gasteiger partial charge in [-0.05, 0) is 6.42 Å². The first kappa shape index (κ1) is 11.9. The molecule has 0 saturated carbocycles. The van der Waals surface area contributed by atoms with E-state index in [-0.39, 0.29) is 6.54 Å². The van der Waals surface area contributed by atoms with Crippen molar-refractivity contribution >= 4 is 5.97 Å². The molecule has 0 aliphatic carbocycles. The molecule has 0 fully saturated rings. The molecule has 1 N–H and O–H groups in total. The van der Waals surface area contributed by atoms with E-state index in [0.29, 0.717) is 6.42 Å². The minimum absolute atomic E-state index is 0.190. The maximum atomic E-state index is 10.5. The van der Waals surface area contributed by atoms with Crippen molar-refractivity contribution in [2.24, 2.45) is 11.3 Å². The van der Waals surface area contributed by atoms with Gasteiger partial charge in [-0.3, -0.25) is 14.9 Å². The summed E-state index contributed by atoms with van der Waals surface area (Å²) in [5.41, 5.74) is -0.554. The van der Waals surface area contributed by atoms with E-state index in [0.717, 1.165) is 0 Å². The summed E-state index contributed by atoms with van der Waals surface area (Å²) in [5.74, 6) is -1.44. The Kier molecular flexibility index (Phi) is 3.84. The number of nitro groups is 1. The highest BCUT2D eigenvalue weighted by molar-refractivity contribution is 5.69. The highest BCUT2D eigenvalue weighted by Crippen LogP contribution is 2.25. The van der Waals surface area contributed by atoms with E-state index in [1.807, 2.05) is 0 Å². The number of hydrogen-bond donors (Lipinski definition) is 1. The van der Waals surface area contributed by atoms with Gasteiger partial charge in [-0.1, -0.05) is 20.8 Å². The second-order valence-corrected chi connectivity index (χ2v) is 4.10. The second-order valence-electron chi connectivity index (χ2n) is 4.10. The zero-order chi connectivity index (χ0) is 10.6. The van der Waals surface area contributed by atoms with Gasteiger partial charge in [0.25, 0.3) is 0 Å². The van der Waals surface area contributed by atoms with Crippen molar-refractivity contribution in [3.8, 4) is 0 Å². The van der Waals surface area contributed by atoms with Gasteiger partial charge in [0.2, 0.25) is 6.54 Å². The van der Waals surface area contributed by atoms with Gasteiger partial charge in [0.15, 0.2) is 0 Å². The first-order chi connectivity index (χ1) is 5.74. The Morgan fingerprint density at radius 2 is 2.08 bits per heavy atom. The molecular weight excluding hydrogens is 174 g/mol. The van der Waals surface area contributed by atoms with Crippen LogP contribution in [0.3, 0.4) is 0 Å². The fraction of sp³-hybridized carbons (Fsp3) is 0.875. The van der Waals surface area contributed by atoms with Crippen LogP contribution >= 0.6 is 0 Å². The first-order valence-corrected chi connectivity index (χ1v) is 4.09. The van der Waals surface area contributed by atoms with Crippen molar-refractivity contribution in [3.05, 3.63) is 10.1 Å². The Hall–Kier alpha value is -1.13. The van der Waals surface area contributed by atoms with Gasteiger partial charge in [-0.2, -0.15) is 0 Å². The van der Waals surface area contributed by atoms with Gasteiger partial charge in [0, 0.05) is 10.3 Å². The summed E-state index contributed by atoms with van der Waals surface area (Å²) in [6, 6.07) is 0. The van der Waals surface area contributed by atoms with E-state index < -0.39 is 22.2 Å². The maximum Gasteiger partial charge on any atom is 0.306 e. The van der Waals surface area contributed by atoms with Gasteiger partial charge < -0.3 is 5.11 Å². The third kappa shape index (κ3) is 5.16. The number of nitrogens with zero attached hydrogens (tertiary/aromatic N) is 1. The molecule has 76 valence electrons. The van der Waals surface area contributed by atoms with Gasteiger partial charge >= 0.3 is 5.97 Å². The minimum atomic E-state index is -0.906. The van der Waals surface area contributed by atoms with E-state index in [1.54, 1.807) is 20.8 Å². The quantitative estimate of drug-likeness (QED) is 0.523. The average Bonchev–Trinajstić information content (AvgIpc) is 1.81. The summed E-state index contributed by atoms with van der Waals surface area (Å²) in [6.07, 6.45) is 0.323. The number of carboxylic acid groups (broad SMARTS) is 1. The van der Waals surface area contributed by atoms with Crippen molar-refractivity contribution in [3.63, 3.8) is 0 Å². The fourth-order valence-electron chi connectivity index (χ4n) is 1.33. The molecule has 0 saturated heterocycles. The Morgan fingerprint density at radius 3 is 2.38 bits per heavy atom. The zero-order valence-corrected chi connectivity index (χ0v) is 8.11. The summed E-state index contributed by atoms with van der Waals surface area (Å²) in [7, 11) is 0. The van der Waals surface area contributed by atoms with Crippen molar-refractivity contribution in [2.75, 3.05) is 6.54 Å². The van der Waals surface area contributed by atoms with E-state index in [1.165, 1.54) is 0 Å². The molecule has 0 aliphatic heterocycles. The number of carboxylic acids is 1. The van der Waals surface area contributed by atoms with Crippen LogP contribution in [0.1, 0.15) is 27.2 Å². The second kappa shape index (κ2) is 4.20. The van der Waals surface area contributed by atoms with E-state index >= 15 is 0 Å². The van der Waals surface area contributed by atoms with Crippen molar-refractivity contribution < 1.29 is 14.8 Å². The summed E-state index contributed by atoms with van der Waals surface area (Å²) < 4.78 is 0. The smallest absolute Gasteiger partial charge is 0.306 e. The summed E-state index contributed by atoms with van der Waals surface area (Å²) >= 11 is 0. The average molecular weight is 189 g/mol. The lowest BCUT2D eigenvalue weighted by Crippen LogP contribution is -2.27. The maximum absolute atomic E-state index is 10.5. The molecule has 13 heavy (non-hydrogen) atoms. The third-order valence-corrected chi connectivity index (χ3v) is 1.84. The lowest BCUT2D eigenvalue weighted by molar-refractivity contribution is -0.496. The van der Waals surface area contributed by atoms with Crippen LogP contribution in [0.4, 0.5) is 0 Å². The minimum Gasteiger partial charge on any atom is -0.481 e. The van der Waals surface area contributed by atoms with Crippen LogP contribution in [0.25, 0.3) is 0 Å². The Balaban J connectivity index is 4.16. The van der Waals surface area contributed by atoms with Gasteiger partial charge in [0.05, 0.1) is 5.92 Å². The molecule has 0 radical (unpaired) electrons. The number of carbonyl (C=O) groups is 1. The Bertz CT molecular complexity index is 212. The standard InChI is InChI=1S/C8H15NO4/c1-6(7(10)11)4-8(2,3)5-9(12)13/h6H,4-5H2,1-3H3,(H,10,11). The monoisotopic (exact) mass is 189 g/mol. The molecule has 0 aliphatic rings. The van der Waals surface area contributed by atoms with E-state index in [4.69, 9.17) is 5.11 Å². The fourth-order valence-corrected chi connectivity index (χ4v) is 1.33. The third-order valence-electron chi connectivity index (χ3n) is 1.84. The number of aliphatic carboxylic acids is 1. The molecule has 0 aromatic heterocycles. The summed E-state index contributed by atoms with van der Waals surface area (Å²) in [6.45, 7) is 4.78. The highest BCUT2D eigenvalue weighted by atomic mass is 16.6. The molecule has 5 heteroatoms. The molecule has 0 amide bonds. The molecule has 0 aromatic carbocycles. The van der Waals surface area contributed by atoms with Crippen LogP contribution < -0.4 is 0 Å². The number of hydrogen-bond acceptors (Lipinski definition) is 3. The predicted octanol–water partition coefficient (Wildman–Crippen LogP) is 1.40. The molecule has 0 spiro atoms. The Labute approximate surface area is 76.9 Å². The van der Waals surface area contributed by atoms with Gasteiger partial charge in [-0.15, -0.1) is 0 Å². The van der Waals surface area contributed by atoms with Crippen molar-refractivity contribution in [2.45, 2.75) is 27.2 Å². The van der Waals surface area contributed by atoms with Crippen molar-refractivity contribution in [1.29, 1.82) is 0 Å². The highest BCUT2D eigenvalue weighted by Gasteiger charge is 2.29. The summed E-state index contributed by atoms with van der Waals surface area (Å²) in [4.78, 5) is 20.3. The first-order valence-electron chi connectivity index (χ1n) is 4.09. The van der Waals surface area contributed by atoms with Crippen LogP contribution in [0.2, 0.25) is 0 Å². The lowest BCUT2D eigenvalue weighted by Gasteiger charge is -2.21. The molecule has 0 rings (SSSR count). The van der Waals surface area contributed by atoms with Crippen LogP contribution in [-0.4, -0.2) is 22.5 Å². The molecular formula is C8H15NO4. The van der Waals surface area contributed by atoms with Crippen LogP contribution in [0.5, 0.6) is 0 Å². The SMILES string of the molecule is CC(CC(C)(C)C[N+](=O)[O-])C(=O)O. The molecule has 0 bridgehead atoms. The molecule has 0 aromatic rings. The van der Waals surface area contributed by atoms with E-state index in [2.05, 4.69) is 0 Å². The Morgan fingerprint density at radius 1 is 1.62 bits per heavy atom. The number of rotatable bonds is 5. The molecule has 1 unspecified atom stereocenters. The van der Waals surface area contributed by atoms with Crippen molar-refractivity contribution in [1.82, 2.24) is 0 Å². The van der Waals surface area contributed by atoms with Crippen LogP contribution in [0, 0.1) is 21.4 Å². The van der Waals surface area contributed by atoms with Gasteiger partial charge in [0.1, 0.15) is 0 Å². The molecule has 1 atom stereocenters. The molecule has 5 nitrogen and oxygen atoms in total. The van der Waals surface area contributed by atoms with E-state index in [9.17, 15) is 14.9 Å².